The summed E-state index contributed by atoms with van der Waals surface area (Å²) < 4.78 is 5.56. The Morgan fingerprint density at radius 3 is 2.48 bits per heavy atom. The molecule has 0 N–H and O–H groups in total. The smallest absolute Gasteiger partial charge is 0.229 e. The number of carbonyl (C=O) groups is 2. The monoisotopic (exact) mass is 365 g/mol. The van der Waals surface area contributed by atoms with Crippen LogP contribution >= 0.6 is 0 Å². The summed E-state index contributed by atoms with van der Waals surface area (Å²) in [4.78, 5) is 33.5. The van der Waals surface area contributed by atoms with E-state index < -0.39 is 0 Å². The molecule has 3 heterocycles. The number of nitrogens with zero attached hydrogens (tertiary/aromatic N) is 3. The Morgan fingerprint density at radius 2 is 1.78 bits per heavy atom. The van der Waals surface area contributed by atoms with Crippen molar-refractivity contribution in [2.75, 3.05) is 19.8 Å². The summed E-state index contributed by atoms with van der Waals surface area (Å²) in [6.45, 7) is 2.72. The van der Waals surface area contributed by atoms with E-state index in [4.69, 9.17) is 4.74 Å². The number of hydrogen-bond donors (Lipinski definition) is 0. The predicted molar refractivity (Wildman–Crippen MR) is 99.6 cm³/mol. The van der Waals surface area contributed by atoms with Crippen LogP contribution in [0.15, 0.2) is 48.7 Å². The molecule has 4 rings (SSSR count). The predicted octanol–water partition coefficient (Wildman–Crippen LogP) is 1.78. The summed E-state index contributed by atoms with van der Waals surface area (Å²) >= 11 is 0. The highest BCUT2D eigenvalue weighted by Gasteiger charge is 2.32. The van der Waals surface area contributed by atoms with Crippen molar-refractivity contribution in [3.8, 4) is 0 Å². The molecule has 1 fully saturated rings. The molecule has 27 heavy (non-hydrogen) atoms. The number of fused-ring (bicyclic) bond motifs is 1. The third-order valence-electron chi connectivity index (χ3n) is 5.21. The highest BCUT2D eigenvalue weighted by atomic mass is 16.5. The van der Waals surface area contributed by atoms with Gasteiger partial charge in [0.2, 0.25) is 11.8 Å². The lowest BCUT2D eigenvalue weighted by Gasteiger charge is -2.36. The summed E-state index contributed by atoms with van der Waals surface area (Å²) in [5, 5.41) is 0. The number of rotatable bonds is 4. The van der Waals surface area contributed by atoms with Gasteiger partial charge in [-0.3, -0.25) is 14.6 Å². The van der Waals surface area contributed by atoms with Crippen molar-refractivity contribution in [3.63, 3.8) is 0 Å². The van der Waals surface area contributed by atoms with Crippen LogP contribution in [0.5, 0.6) is 0 Å². The Labute approximate surface area is 158 Å². The summed E-state index contributed by atoms with van der Waals surface area (Å²) in [6, 6.07) is 13.5. The minimum Gasteiger partial charge on any atom is -0.377 e. The van der Waals surface area contributed by atoms with E-state index in [1.165, 1.54) is 11.1 Å². The Hall–Kier alpha value is -2.73. The van der Waals surface area contributed by atoms with Gasteiger partial charge in [0.15, 0.2) is 0 Å². The summed E-state index contributed by atoms with van der Waals surface area (Å²) in [5.74, 6) is 0.0665. The molecule has 0 bridgehead atoms. The topological polar surface area (TPSA) is 62.7 Å². The number of pyridine rings is 1. The molecule has 0 saturated carbocycles. The van der Waals surface area contributed by atoms with Crippen LogP contribution in [0, 0.1) is 0 Å². The lowest BCUT2D eigenvalue weighted by molar-refractivity contribution is -0.143. The molecule has 6 nitrogen and oxygen atoms in total. The SMILES string of the molecule is O=C(C[C@@H]1COCCN1C(=O)Cc1ccccn1)N1Cc2ccccc2C1. The standard InChI is InChI=1S/C21H23N3O3/c25-20(23-13-16-5-1-2-6-17(16)14-23)12-19-15-27-10-9-24(19)21(26)11-18-7-3-4-8-22-18/h1-8,19H,9-15H2/t19-/m1/s1. The van der Waals surface area contributed by atoms with Crippen LogP contribution in [0.3, 0.4) is 0 Å². The van der Waals surface area contributed by atoms with Crippen molar-refractivity contribution in [2.24, 2.45) is 0 Å². The number of amides is 2. The zero-order chi connectivity index (χ0) is 18.6. The zero-order valence-corrected chi connectivity index (χ0v) is 15.2. The van der Waals surface area contributed by atoms with Crippen molar-refractivity contribution >= 4 is 11.8 Å². The van der Waals surface area contributed by atoms with Crippen LogP contribution in [-0.4, -0.2) is 52.4 Å². The van der Waals surface area contributed by atoms with Crippen molar-refractivity contribution in [1.82, 2.24) is 14.8 Å². The van der Waals surface area contributed by atoms with Crippen molar-refractivity contribution in [1.29, 1.82) is 0 Å². The highest BCUT2D eigenvalue weighted by Crippen LogP contribution is 2.24. The van der Waals surface area contributed by atoms with Gasteiger partial charge in [-0.1, -0.05) is 30.3 Å². The first-order valence-corrected chi connectivity index (χ1v) is 9.32. The fourth-order valence-corrected chi connectivity index (χ4v) is 3.75. The lowest BCUT2D eigenvalue weighted by Crippen LogP contribution is -2.51. The van der Waals surface area contributed by atoms with Gasteiger partial charge in [-0.05, 0) is 23.3 Å². The van der Waals surface area contributed by atoms with E-state index in [1.54, 1.807) is 11.1 Å². The number of aromatic nitrogens is 1. The number of carbonyl (C=O) groups excluding carboxylic acids is 2. The molecule has 2 aliphatic rings. The van der Waals surface area contributed by atoms with Gasteiger partial charge in [-0.2, -0.15) is 0 Å². The maximum atomic E-state index is 12.8. The maximum absolute atomic E-state index is 12.8. The van der Waals surface area contributed by atoms with Crippen molar-refractivity contribution in [2.45, 2.75) is 32.0 Å². The van der Waals surface area contributed by atoms with Crippen LogP contribution in [0.2, 0.25) is 0 Å². The van der Waals surface area contributed by atoms with Gasteiger partial charge in [0.05, 0.1) is 25.7 Å². The molecular weight excluding hydrogens is 342 g/mol. The Kier molecular flexibility index (Phi) is 5.16. The van der Waals surface area contributed by atoms with E-state index in [9.17, 15) is 9.59 Å². The minimum absolute atomic E-state index is 0.000456. The van der Waals surface area contributed by atoms with Gasteiger partial charge in [0.25, 0.3) is 0 Å². The second-order valence-electron chi connectivity index (χ2n) is 7.04. The summed E-state index contributed by atoms with van der Waals surface area (Å²) in [5.41, 5.74) is 3.15. The molecular formula is C21H23N3O3. The Bertz CT molecular complexity index is 799. The normalized spacial score (nSPS) is 19.0. The van der Waals surface area contributed by atoms with Crippen LogP contribution in [0.25, 0.3) is 0 Å². The van der Waals surface area contributed by atoms with Gasteiger partial charge in [-0.15, -0.1) is 0 Å². The van der Waals surface area contributed by atoms with E-state index in [1.807, 2.05) is 35.2 Å². The molecule has 0 aliphatic carbocycles. The van der Waals surface area contributed by atoms with E-state index in [0.29, 0.717) is 39.3 Å². The van der Waals surface area contributed by atoms with Gasteiger partial charge < -0.3 is 14.5 Å². The minimum atomic E-state index is -0.217. The average Bonchev–Trinajstić information content (AvgIpc) is 3.13. The van der Waals surface area contributed by atoms with Crippen molar-refractivity contribution < 1.29 is 14.3 Å². The number of ether oxygens (including phenoxy) is 1. The van der Waals surface area contributed by atoms with E-state index in [0.717, 1.165) is 5.69 Å². The molecule has 2 aliphatic heterocycles. The summed E-state index contributed by atoms with van der Waals surface area (Å²) in [6.07, 6.45) is 2.23. The maximum Gasteiger partial charge on any atom is 0.229 e. The lowest BCUT2D eigenvalue weighted by atomic mass is 10.1. The molecule has 2 aromatic rings. The third-order valence-corrected chi connectivity index (χ3v) is 5.21. The average molecular weight is 365 g/mol. The third kappa shape index (κ3) is 4.01. The van der Waals surface area contributed by atoms with E-state index in [2.05, 4.69) is 17.1 Å². The van der Waals surface area contributed by atoms with E-state index >= 15 is 0 Å². The molecule has 2 amide bonds. The molecule has 140 valence electrons. The molecule has 1 aromatic carbocycles. The van der Waals surface area contributed by atoms with Crippen LogP contribution in [0.1, 0.15) is 23.2 Å². The largest absolute Gasteiger partial charge is 0.377 e. The fourth-order valence-electron chi connectivity index (χ4n) is 3.75. The number of hydrogen-bond acceptors (Lipinski definition) is 4. The van der Waals surface area contributed by atoms with Crippen LogP contribution in [-0.2, 0) is 33.8 Å². The molecule has 0 unspecified atom stereocenters. The Balaban J connectivity index is 1.39. The van der Waals surface area contributed by atoms with Gasteiger partial charge >= 0.3 is 0 Å². The Morgan fingerprint density at radius 1 is 1.04 bits per heavy atom. The zero-order valence-electron chi connectivity index (χ0n) is 15.2. The molecule has 0 radical (unpaired) electrons. The first-order valence-electron chi connectivity index (χ1n) is 9.32. The second kappa shape index (κ2) is 7.88. The molecule has 1 atom stereocenters. The van der Waals surface area contributed by atoms with Crippen molar-refractivity contribution in [3.05, 3.63) is 65.5 Å². The molecule has 1 aromatic heterocycles. The molecule has 6 heteroatoms. The van der Waals surface area contributed by atoms with Crippen LogP contribution in [0.4, 0.5) is 0 Å². The highest BCUT2D eigenvalue weighted by molar-refractivity contribution is 5.81. The molecule has 1 saturated heterocycles. The quantitative estimate of drug-likeness (QED) is 0.829. The van der Waals surface area contributed by atoms with Gasteiger partial charge in [0, 0.05) is 37.9 Å². The van der Waals surface area contributed by atoms with Gasteiger partial charge in [0.1, 0.15) is 0 Å². The van der Waals surface area contributed by atoms with E-state index in [-0.39, 0.29) is 24.3 Å². The summed E-state index contributed by atoms with van der Waals surface area (Å²) in [7, 11) is 0. The first kappa shape index (κ1) is 17.7. The van der Waals surface area contributed by atoms with Crippen LogP contribution < -0.4 is 0 Å². The fraction of sp³-hybridized carbons (Fsp3) is 0.381. The number of benzene rings is 1. The first-order chi connectivity index (χ1) is 13.2. The van der Waals surface area contributed by atoms with Gasteiger partial charge in [-0.25, -0.2) is 0 Å². The molecule has 0 spiro atoms. The second-order valence-corrected chi connectivity index (χ2v) is 7.04. The number of morpholine rings is 1.